The van der Waals surface area contributed by atoms with E-state index >= 15 is 0 Å². The molecule has 0 bridgehead atoms. The van der Waals surface area contributed by atoms with Crippen molar-refractivity contribution in [1.29, 1.82) is 0 Å². The maximum atomic E-state index is 12.6. The Balaban J connectivity index is 1.23. The molecule has 1 aliphatic rings. The lowest BCUT2D eigenvalue weighted by Crippen LogP contribution is -2.43. The first-order valence-corrected chi connectivity index (χ1v) is 10.8. The van der Waals surface area contributed by atoms with Crippen LogP contribution in [0.2, 0.25) is 0 Å². The number of amides is 2. The number of hydrogen-bond acceptors (Lipinski definition) is 8. The number of hydrogen-bond donors (Lipinski definition) is 1. The lowest BCUT2D eigenvalue weighted by Gasteiger charge is -2.26. The Kier molecular flexibility index (Phi) is 6.39. The number of benzene rings is 1. The topological polar surface area (TPSA) is 124 Å². The van der Waals surface area contributed by atoms with Crippen molar-refractivity contribution in [2.75, 3.05) is 31.6 Å². The summed E-state index contributed by atoms with van der Waals surface area (Å²) in [5.41, 5.74) is 3.19. The van der Waals surface area contributed by atoms with Crippen molar-refractivity contribution in [2.24, 2.45) is 0 Å². The van der Waals surface area contributed by atoms with Gasteiger partial charge in [0.1, 0.15) is 5.69 Å². The molecule has 1 N–H and O–H groups in total. The van der Waals surface area contributed by atoms with Crippen LogP contribution >= 0.6 is 0 Å². The van der Waals surface area contributed by atoms with Crippen molar-refractivity contribution in [3.05, 3.63) is 60.4 Å². The lowest BCUT2D eigenvalue weighted by atomic mass is 10.1. The number of nitrogens with one attached hydrogen (secondary N) is 1. The van der Waals surface area contributed by atoms with Crippen molar-refractivity contribution in [1.82, 2.24) is 35.1 Å². The van der Waals surface area contributed by atoms with E-state index in [1.54, 1.807) is 27.9 Å². The summed E-state index contributed by atoms with van der Waals surface area (Å²) in [4.78, 5) is 18.5. The van der Waals surface area contributed by atoms with E-state index in [-0.39, 0.29) is 11.9 Å². The van der Waals surface area contributed by atoms with Crippen molar-refractivity contribution in [2.45, 2.75) is 13.0 Å². The number of anilines is 1. The van der Waals surface area contributed by atoms with Crippen LogP contribution in [0, 0.1) is 0 Å². The minimum absolute atomic E-state index is 0.0250. The van der Waals surface area contributed by atoms with Gasteiger partial charge in [-0.2, -0.15) is 8.78 Å². The summed E-state index contributed by atoms with van der Waals surface area (Å²) in [6.07, 6.45) is 0.411. The van der Waals surface area contributed by atoms with E-state index in [1.807, 2.05) is 24.3 Å². The summed E-state index contributed by atoms with van der Waals surface area (Å²) in [6, 6.07) is 10.6. The van der Waals surface area contributed by atoms with E-state index in [4.69, 9.17) is 9.15 Å². The quantitative estimate of drug-likeness (QED) is 0.444. The number of carbonyl (C=O) groups excluding carboxylic acids is 1. The fraction of sp³-hybridized carbons (Fsp3) is 0.273. The Bertz CT molecular complexity index is 1300. The van der Waals surface area contributed by atoms with E-state index in [0.29, 0.717) is 55.5 Å². The molecule has 0 atom stereocenters. The van der Waals surface area contributed by atoms with Crippen LogP contribution in [-0.2, 0) is 11.3 Å². The second-order valence-electron chi connectivity index (χ2n) is 7.70. The summed E-state index contributed by atoms with van der Waals surface area (Å²) in [5, 5.41) is 18.2. The molecule has 35 heavy (non-hydrogen) atoms. The first kappa shape index (κ1) is 22.5. The zero-order valence-electron chi connectivity index (χ0n) is 18.3. The maximum absolute atomic E-state index is 12.6. The van der Waals surface area contributed by atoms with Gasteiger partial charge in [0.05, 0.1) is 37.2 Å². The third-order valence-corrected chi connectivity index (χ3v) is 5.27. The van der Waals surface area contributed by atoms with Crippen LogP contribution < -0.4 is 5.32 Å². The second-order valence-corrected chi connectivity index (χ2v) is 7.70. The third kappa shape index (κ3) is 5.30. The van der Waals surface area contributed by atoms with Crippen LogP contribution in [0.15, 0.2) is 53.2 Å². The van der Waals surface area contributed by atoms with Gasteiger partial charge in [-0.25, -0.2) is 9.48 Å². The Morgan fingerprint density at radius 1 is 1.09 bits per heavy atom. The number of alkyl halides is 2. The number of urea groups is 1. The van der Waals surface area contributed by atoms with Crippen molar-refractivity contribution in [3.8, 4) is 22.7 Å². The summed E-state index contributed by atoms with van der Waals surface area (Å²) in [7, 11) is 0. The number of aromatic nitrogens is 6. The van der Waals surface area contributed by atoms with Gasteiger partial charge in [-0.05, 0) is 24.3 Å². The molecule has 0 unspecified atom stereocenters. The molecule has 13 heteroatoms. The average molecular weight is 482 g/mol. The summed E-state index contributed by atoms with van der Waals surface area (Å²) in [5.74, 6) is -0.757. The molecule has 11 nitrogen and oxygen atoms in total. The number of pyridine rings is 1. The highest BCUT2D eigenvalue weighted by Gasteiger charge is 2.18. The molecule has 0 radical (unpaired) electrons. The van der Waals surface area contributed by atoms with Crippen LogP contribution in [0.5, 0.6) is 0 Å². The molecule has 4 heterocycles. The van der Waals surface area contributed by atoms with Crippen LogP contribution in [0.3, 0.4) is 0 Å². The van der Waals surface area contributed by atoms with Gasteiger partial charge < -0.3 is 19.4 Å². The number of rotatable bonds is 6. The smallest absolute Gasteiger partial charge is 0.321 e. The van der Waals surface area contributed by atoms with Gasteiger partial charge in [-0.15, -0.1) is 15.3 Å². The SMILES string of the molecule is O=C(Nc1cccc(-c2cn(Cc3ccc(-c4nnc(C(F)F)o4)cn3)nn2)c1)N1CCOCC1. The number of halogens is 2. The first-order valence-electron chi connectivity index (χ1n) is 10.8. The van der Waals surface area contributed by atoms with Crippen molar-refractivity contribution >= 4 is 11.7 Å². The van der Waals surface area contributed by atoms with E-state index in [9.17, 15) is 13.6 Å². The Labute approximate surface area is 197 Å². The van der Waals surface area contributed by atoms with Gasteiger partial charge >= 0.3 is 12.5 Å². The summed E-state index contributed by atoms with van der Waals surface area (Å²) < 4.78 is 37.1. The van der Waals surface area contributed by atoms with Crippen molar-refractivity contribution < 1.29 is 22.7 Å². The molecular weight excluding hydrogens is 462 g/mol. The fourth-order valence-electron chi connectivity index (χ4n) is 3.48. The second kappa shape index (κ2) is 9.93. The highest BCUT2D eigenvalue weighted by atomic mass is 19.3. The number of nitrogens with zero attached hydrogens (tertiary/aromatic N) is 7. The monoisotopic (exact) mass is 482 g/mol. The third-order valence-electron chi connectivity index (χ3n) is 5.27. The van der Waals surface area contributed by atoms with Gasteiger partial charge in [0.2, 0.25) is 5.89 Å². The Morgan fingerprint density at radius 3 is 2.69 bits per heavy atom. The Morgan fingerprint density at radius 2 is 1.94 bits per heavy atom. The fourth-order valence-corrected chi connectivity index (χ4v) is 3.48. The maximum Gasteiger partial charge on any atom is 0.321 e. The molecule has 1 saturated heterocycles. The van der Waals surface area contributed by atoms with Gasteiger partial charge in [0, 0.05) is 30.5 Å². The average Bonchev–Trinajstić information content (AvgIpc) is 3.56. The van der Waals surface area contributed by atoms with Gasteiger partial charge in [0.15, 0.2) is 0 Å². The number of morpholine rings is 1. The molecule has 3 aromatic heterocycles. The summed E-state index contributed by atoms with van der Waals surface area (Å²) in [6.45, 7) is 2.52. The predicted molar refractivity (Wildman–Crippen MR) is 118 cm³/mol. The minimum atomic E-state index is -2.83. The molecule has 1 aliphatic heterocycles. The molecular formula is C22H20F2N8O3. The van der Waals surface area contributed by atoms with E-state index in [2.05, 4.69) is 30.8 Å². The van der Waals surface area contributed by atoms with Crippen molar-refractivity contribution in [3.63, 3.8) is 0 Å². The molecule has 2 amide bonds. The molecule has 0 aliphatic carbocycles. The van der Waals surface area contributed by atoms with Gasteiger partial charge in [-0.1, -0.05) is 17.3 Å². The zero-order valence-corrected chi connectivity index (χ0v) is 18.3. The van der Waals surface area contributed by atoms with Crippen LogP contribution in [0.25, 0.3) is 22.7 Å². The largest absolute Gasteiger partial charge is 0.415 e. The molecule has 1 aromatic carbocycles. The van der Waals surface area contributed by atoms with Crippen LogP contribution in [0.4, 0.5) is 19.3 Å². The van der Waals surface area contributed by atoms with E-state index in [1.165, 1.54) is 6.20 Å². The van der Waals surface area contributed by atoms with E-state index < -0.39 is 12.3 Å². The zero-order chi connectivity index (χ0) is 24.2. The molecule has 5 rings (SSSR count). The van der Waals surface area contributed by atoms with E-state index in [0.717, 1.165) is 5.56 Å². The first-order chi connectivity index (χ1) is 17.0. The highest BCUT2D eigenvalue weighted by molar-refractivity contribution is 5.90. The van der Waals surface area contributed by atoms with Gasteiger partial charge in [-0.3, -0.25) is 4.98 Å². The predicted octanol–water partition coefficient (Wildman–Crippen LogP) is 3.24. The normalized spacial score (nSPS) is 13.9. The van der Waals surface area contributed by atoms with Crippen LogP contribution in [-0.4, -0.2) is 67.4 Å². The molecule has 0 spiro atoms. The highest BCUT2D eigenvalue weighted by Crippen LogP contribution is 2.23. The lowest BCUT2D eigenvalue weighted by molar-refractivity contribution is 0.0564. The molecule has 180 valence electrons. The Hall–Kier alpha value is -4.26. The minimum Gasteiger partial charge on any atom is -0.415 e. The molecule has 0 saturated carbocycles. The number of ether oxygens (including phenoxy) is 1. The van der Waals surface area contributed by atoms with Crippen LogP contribution in [0.1, 0.15) is 18.0 Å². The number of carbonyl (C=O) groups is 1. The standard InChI is InChI=1S/C22H20F2N8O3/c23-19(24)21-29-28-20(35-21)15-4-5-17(25-11-15)12-32-13-18(27-30-32)14-2-1-3-16(10-14)26-22(33)31-6-8-34-9-7-31/h1-5,10-11,13,19H,6-9,12H2,(H,26,33). The summed E-state index contributed by atoms with van der Waals surface area (Å²) >= 11 is 0. The van der Waals surface area contributed by atoms with Gasteiger partial charge in [0.25, 0.3) is 5.89 Å². The molecule has 1 fully saturated rings. The molecule has 4 aromatic rings.